The molecule has 2 heterocycles. The minimum absolute atomic E-state index is 0. The number of nitrogens with zero attached hydrogens (tertiary/aromatic N) is 1. The molecule has 1 aromatic heterocycles. The third-order valence-electron chi connectivity index (χ3n) is 4.73. The fraction of sp³-hybridized carbons (Fsp3) is 0.389. The molecule has 1 saturated heterocycles. The number of amides is 1. The largest absolute Gasteiger partial charge is 0.366 e. The van der Waals surface area contributed by atoms with Crippen molar-refractivity contribution in [3.8, 4) is 11.1 Å². The molecular weight excluding hydrogens is 329 g/mol. The fourth-order valence-corrected chi connectivity index (χ4v) is 3.13. The number of nitrogens with one attached hydrogen (secondary N) is 1. The lowest BCUT2D eigenvalue weighted by Crippen LogP contribution is -2.54. The zero-order valence-electron chi connectivity index (χ0n) is 13.9. The minimum Gasteiger partial charge on any atom is -0.366 e. The number of hydrogen-bond acceptors (Lipinski definition) is 2. The first kappa shape index (κ1) is 18.5. The van der Waals surface area contributed by atoms with Crippen LogP contribution in [0.4, 0.5) is 4.39 Å². The van der Waals surface area contributed by atoms with Gasteiger partial charge in [0.15, 0.2) is 0 Å². The van der Waals surface area contributed by atoms with Gasteiger partial charge in [0.1, 0.15) is 5.82 Å². The number of nitrogens with two attached hydrogens (primary N) is 1. The summed E-state index contributed by atoms with van der Waals surface area (Å²) in [6.07, 6.45) is 4.29. The number of aromatic nitrogens is 1. The molecule has 1 aromatic carbocycles. The molecule has 4 nitrogen and oxygen atoms in total. The third kappa shape index (κ3) is 3.47. The van der Waals surface area contributed by atoms with Gasteiger partial charge in [0.25, 0.3) is 5.91 Å². The van der Waals surface area contributed by atoms with Crippen molar-refractivity contribution in [2.45, 2.75) is 26.3 Å². The quantitative estimate of drug-likeness (QED) is 0.870. The number of piperidine rings is 1. The number of likely N-dealkylation sites (tertiary alicyclic amines) is 1. The number of carbonyl (C=O) groups is 1. The van der Waals surface area contributed by atoms with Crippen LogP contribution >= 0.6 is 12.4 Å². The van der Waals surface area contributed by atoms with Crippen LogP contribution in [0.5, 0.6) is 0 Å². The summed E-state index contributed by atoms with van der Waals surface area (Å²) < 4.78 is 13.1. The molecule has 1 unspecified atom stereocenters. The molecular formula is C18H23ClFN3O. The Labute approximate surface area is 147 Å². The summed E-state index contributed by atoms with van der Waals surface area (Å²) in [4.78, 5) is 17.8. The van der Waals surface area contributed by atoms with Crippen LogP contribution in [-0.4, -0.2) is 34.9 Å². The van der Waals surface area contributed by atoms with E-state index in [1.165, 1.54) is 12.1 Å². The Kier molecular flexibility index (Phi) is 5.35. The maximum Gasteiger partial charge on any atom is 0.256 e. The van der Waals surface area contributed by atoms with Crippen LogP contribution in [-0.2, 0) is 0 Å². The van der Waals surface area contributed by atoms with Crippen molar-refractivity contribution in [1.29, 1.82) is 0 Å². The average molecular weight is 352 g/mol. The fourth-order valence-electron chi connectivity index (χ4n) is 3.13. The van der Waals surface area contributed by atoms with Crippen molar-refractivity contribution in [1.82, 2.24) is 9.88 Å². The second kappa shape index (κ2) is 6.95. The van der Waals surface area contributed by atoms with Crippen LogP contribution in [0.25, 0.3) is 11.1 Å². The van der Waals surface area contributed by atoms with Crippen LogP contribution in [0.3, 0.4) is 0 Å². The van der Waals surface area contributed by atoms with E-state index in [4.69, 9.17) is 5.73 Å². The van der Waals surface area contributed by atoms with Gasteiger partial charge in [-0.25, -0.2) is 4.39 Å². The summed E-state index contributed by atoms with van der Waals surface area (Å²) in [5.74, 6) is -0.297. The molecule has 1 atom stereocenters. The Morgan fingerprint density at radius 3 is 2.58 bits per heavy atom. The summed E-state index contributed by atoms with van der Waals surface area (Å²) in [6, 6.07) is 6.28. The van der Waals surface area contributed by atoms with Crippen LogP contribution in [0, 0.1) is 11.2 Å². The first-order chi connectivity index (χ1) is 10.9. The highest BCUT2D eigenvalue weighted by atomic mass is 35.5. The predicted octanol–water partition coefficient (Wildman–Crippen LogP) is 3.44. The van der Waals surface area contributed by atoms with Gasteiger partial charge in [-0.3, -0.25) is 4.79 Å². The van der Waals surface area contributed by atoms with Gasteiger partial charge in [0, 0.05) is 37.1 Å². The number of halogens is 2. The predicted molar refractivity (Wildman–Crippen MR) is 95.7 cm³/mol. The van der Waals surface area contributed by atoms with E-state index in [9.17, 15) is 9.18 Å². The molecule has 1 aliphatic heterocycles. The Bertz CT molecular complexity index is 711. The summed E-state index contributed by atoms with van der Waals surface area (Å²) in [5.41, 5.74) is 8.28. The van der Waals surface area contributed by atoms with Gasteiger partial charge < -0.3 is 15.6 Å². The van der Waals surface area contributed by atoms with E-state index in [0.717, 1.165) is 17.5 Å². The second-order valence-electron chi connectivity index (χ2n) is 6.90. The van der Waals surface area contributed by atoms with E-state index in [-0.39, 0.29) is 35.6 Å². The Balaban J connectivity index is 0.00000208. The number of aromatic amines is 1. The van der Waals surface area contributed by atoms with E-state index in [2.05, 4.69) is 18.8 Å². The van der Waals surface area contributed by atoms with Gasteiger partial charge >= 0.3 is 0 Å². The van der Waals surface area contributed by atoms with Crippen LogP contribution in [0.15, 0.2) is 36.7 Å². The van der Waals surface area contributed by atoms with E-state index < -0.39 is 0 Å². The lowest BCUT2D eigenvalue weighted by Gasteiger charge is -2.42. The summed E-state index contributed by atoms with van der Waals surface area (Å²) in [5, 5.41) is 0. The lowest BCUT2D eigenvalue weighted by molar-refractivity contribution is 0.0534. The maximum absolute atomic E-state index is 13.1. The number of hydrogen-bond donors (Lipinski definition) is 2. The number of H-pyrrole nitrogens is 1. The molecule has 1 fully saturated rings. The molecule has 1 amide bonds. The second-order valence-corrected chi connectivity index (χ2v) is 6.90. The molecule has 2 aromatic rings. The van der Waals surface area contributed by atoms with Gasteiger partial charge in [-0.2, -0.15) is 0 Å². The van der Waals surface area contributed by atoms with E-state index >= 15 is 0 Å². The van der Waals surface area contributed by atoms with E-state index in [0.29, 0.717) is 18.7 Å². The topological polar surface area (TPSA) is 62.1 Å². The molecule has 0 radical (unpaired) electrons. The Hall–Kier alpha value is -1.85. The Morgan fingerprint density at radius 1 is 1.29 bits per heavy atom. The molecule has 3 rings (SSSR count). The Morgan fingerprint density at radius 2 is 1.96 bits per heavy atom. The van der Waals surface area contributed by atoms with Gasteiger partial charge in [0.05, 0.1) is 5.56 Å². The molecule has 0 bridgehead atoms. The molecule has 0 spiro atoms. The third-order valence-corrected chi connectivity index (χ3v) is 4.73. The van der Waals surface area contributed by atoms with Crippen LogP contribution < -0.4 is 5.73 Å². The highest BCUT2D eigenvalue weighted by Gasteiger charge is 2.36. The normalized spacial score (nSPS) is 19.7. The molecule has 24 heavy (non-hydrogen) atoms. The van der Waals surface area contributed by atoms with Crippen LogP contribution in [0.2, 0.25) is 0 Å². The highest BCUT2D eigenvalue weighted by Crippen LogP contribution is 2.31. The zero-order valence-corrected chi connectivity index (χ0v) is 14.7. The van der Waals surface area contributed by atoms with Gasteiger partial charge in [-0.1, -0.05) is 26.0 Å². The first-order valence-electron chi connectivity index (χ1n) is 7.86. The van der Waals surface area contributed by atoms with Crippen molar-refractivity contribution >= 4 is 18.3 Å². The standard InChI is InChI=1S/C18H22FN3O.ClH/c1-18(2)11-22(8-7-16(18)20)17(23)15-10-21-9-14(15)12-3-5-13(19)6-4-12;/h3-6,9-10,16,21H,7-8,11,20H2,1-2H3;1H. The number of rotatable bonds is 2. The van der Waals surface area contributed by atoms with Gasteiger partial charge in [-0.05, 0) is 29.5 Å². The highest BCUT2D eigenvalue weighted by molar-refractivity contribution is 6.00. The van der Waals surface area contributed by atoms with E-state index in [1.807, 2.05) is 4.90 Å². The minimum atomic E-state index is -0.288. The maximum atomic E-state index is 13.1. The SMILES string of the molecule is CC1(C)CN(C(=O)c2c[nH]cc2-c2ccc(F)cc2)CCC1N.Cl. The summed E-state index contributed by atoms with van der Waals surface area (Å²) in [6.45, 7) is 5.49. The average Bonchev–Trinajstić information content (AvgIpc) is 2.99. The first-order valence-corrected chi connectivity index (χ1v) is 7.86. The van der Waals surface area contributed by atoms with Crippen molar-refractivity contribution in [2.75, 3.05) is 13.1 Å². The molecule has 3 N–H and O–H groups in total. The molecule has 1 aliphatic rings. The van der Waals surface area contributed by atoms with E-state index in [1.54, 1.807) is 24.5 Å². The van der Waals surface area contributed by atoms with Gasteiger partial charge in [0.2, 0.25) is 0 Å². The molecule has 0 saturated carbocycles. The van der Waals surface area contributed by atoms with Crippen molar-refractivity contribution in [3.63, 3.8) is 0 Å². The molecule has 6 heteroatoms. The summed E-state index contributed by atoms with van der Waals surface area (Å²) >= 11 is 0. The van der Waals surface area contributed by atoms with Crippen LogP contribution in [0.1, 0.15) is 30.6 Å². The molecule has 130 valence electrons. The van der Waals surface area contributed by atoms with Crippen molar-refractivity contribution < 1.29 is 9.18 Å². The number of benzene rings is 1. The lowest BCUT2D eigenvalue weighted by atomic mass is 9.79. The van der Waals surface area contributed by atoms with Gasteiger partial charge in [-0.15, -0.1) is 12.4 Å². The number of carbonyl (C=O) groups excluding carboxylic acids is 1. The zero-order chi connectivity index (χ0) is 16.6. The van der Waals surface area contributed by atoms with Crippen molar-refractivity contribution in [3.05, 3.63) is 48.0 Å². The molecule has 0 aliphatic carbocycles. The summed E-state index contributed by atoms with van der Waals surface area (Å²) in [7, 11) is 0. The van der Waals surface area contributed by atoms with Crippen molar-refractivity contribution in [2.24, 2.45) is 11.1 Å². The monoisotopic (exact) mass is 351 g/mol. The smallest absolute Gasteiger partial charge is 0.256 e.